The van der Waals surface area contributed by atoms with Crippen LogP contribution < -0.4 is 9.78 Å². The summed E-state index contributed by atoms with van der Waals surface area (Å²) >= 11 is 0. The van der Waals surface area contributed by atoms with E-state index in [2.05, 4.69) is 42.4 Å². The summed E-state index contributed by atoms with van der Waals surface area (Å²) < 4.78 is 1.72. The van der Waals surface area contributed by atoms with Crippen molar-refractivity contribution in [3.63, 3.8) is 0 Å². The Bertz CT molecular complexity index is 829. The monoisotopic (exact) mass is 330 g/mol. The molecule has 1 unspecified atom stereocenters. The molecule has 1 heterocycles. The number of hydrogen-bond donors (Lipinski definition) is 0. The Kier molecular flexibility index (Phi) is 5.57. The predicted octanol–water partition coefficient (Wildman–Crippen LogP) is 3.48. The zero-order chi connectivity index (χ0) is 17.5. The van der Waals surface area contributed by atoms with E-state index in [1.807, 2.05) is 42.6 Å². The van der Waals surface area contributed by atoms with Crippen molar-refractivity contribution in [2.24, 2.45) is 5.10 Å². The molecule has 126 valence electrons. The Morgan fingerprint density at radius 2 is 1.56 bits per heavy atom. The molecule has 1 aromatic heterocycles. The van der Waals surface area contributed by atoms with Gasteiger partial charge in [-0.2, -0.15) is 0 Å². The van der Waals surface area contributed by atoms with Crippen molar-refractivity contribution in [3.8, 4) is 0 Å². The molecule has 0 saturated carbocycles. The molecular weight excluding hydrogens is 308 g/mol. The van der Waals surface area contributed by atoms with Crippen LogP contribution in [0.25, 0.3) is 0 Å². The molecule has 1 atom stereocenters. The van der Waals surface area contributed by atoms with Crippen molar-refractivity contribution < 1.29 is 9.78 Å². The summed E-state index contributed by atoms with van der Waals surface area (Å²) in [6.45, 7) is 2.18. The Morgan fingerprint density at radius 1 is 0.920 bits per heavy atom. The van der Waals surface area contributed by atoms with Gasteiger partial charge in [-0.3, -0.25) is 0 Å². The van der Waals surface area contributed by atoms with E-state index >= 15 is 0 Å². The van der Waals surface area contributed by atoms with Gasteiger partial charge in [-0.1, -0.05) is 78.7 Å². The fourth-order valence-corrected chi connectivity index (χ4v) is 3.01. The largest absolute Gasteiger partial charge is 0.854 e. The minimum Gasteiger partial charge on any atom is -0.854 e. The topological polar surface area (TPSA) is 39.3 Å². The molecule has 0 amide bonds. The highest BCUT2D eigenvalue weighted by Crippen LogP contribution is 2.26. The van der Waals surface area contributed by atoms with Gasteiger partial charge in [0.1, 0.15) is 0 Å². The summed E-state index contributed by atoms with van der Waals surface area (Å²) in [6, 6.07) is 25.5. The van der Waals surface area contributed by atoms with Gasteiger partial charge < -0.3 is 5.11 Å². The van der Waals surface area contributed by atoms with Crippen molar-refractivity contribution in [2.45, 2.75) is 25.7 Å². The quantitative estimate of drug-likeness (QED) is 0.387. The Hall–Kier alpha value is -2.94. The molecule has 0 aliphatic rings. The molecule has 0 bridgehead atoms. The van der Waals surface area contributed by atoms with Gasteiger partial charge in [-0.05, 0) is 28.7 Å². The minimum absolute atomic E-state index is 0.208. The molecule has 3 aromatic rings. The second kappa shape index (κ2) is 8.25. The molecular formula is C22H22N2O. The van der Waals surface area contributed by atoms with Crippen LogP contribution in [0, 0.1) is 0 Å². The van der Waals surface area contributed by atoms with Crippen molar-refractivity contribution >= 4 is 5.90 Å². The highest BCUT2D eigenvalue weighted by molar-refractivity contribution is 5.89. The van der Waals surface area contributed by atoms with Gasteiger partial charge in [0, 0.05) is 12.1 Å². The Morgan fingerprint density at radius 3 is 2.24 bits per heavy atom. The second-order valence-electron chi connectivity index (χ2n) is 5.99. The van der Waals surface area contributed by atoms with Crippen LogP contribution in [-0.4, -0.2) is 5.90 Å². The second-order valence-corrected chi connectivity index (χ2v) is 5.99. The maximum absolute atomic E-state index is 12.5. The van der Waals surface area contributed by atoms with Gasteiger partial charge in [0.05, 0.1) is 11.8 Å². The highest BCUT2D eigenvalue weighted by Gasteiger charge is 2.23. The fourth-order valence-electron chi connectivity index (χ4n) is 3.01. The molecule has 3 rings (SSSR count). The van der Waals surface area contributed by atoms with Crippen molar-refractivity contribution in [2.75, 3.05) is 0 Å². The van der Waals surface area contributed by atoms with Crippen LogP contribution >= 0.6 is 0 Å². The molecule has 0 aliphatic carbocycles. The lowest BCUT2D eigenvalue weighted by atomic mass is 9.91. The standard InChI is InChI=1S/C22H22N2O/c1-2-11-20(18-12-5-3-6-13-18)21-16-9-10-17-24(21)23-22(25)19-14-7-4-8-15-19/h3-10,12-17,20H,2,11H2,1H3. The SMILES string of the molecule is CCCC(c1ccccc1)c1cccc[n+]1/N=C(\[O-])c1ccccc1. The van der Waals surface area contributed by atoms with Crippen LogP contribution in [0.15, 0.2) is 90.2 Å². The number of aromatic nitrogens is 1. The zero-order valence-electron chi connectivity index (χ0n) is 14.4. The van der Waals surface area contributed by atoms with E-state index in [-0.39, 0.29) is 11.8 Å². The van der Waals surface area contributed by atoms with Gasteiger partial charge in [-0.15, -0.1) is 0 Å². The van der Waals surface area contributed by atoms with Crippen LogP contribution in [0.5, 0.6) is 0 Å². The van der Waals surface area contributed by atoms with Gasteiger partial charge >= 0.3 is 0 Å². The first-order valence-electron chi connectivity index (χ1n) is 8.66. The van der Waals surface area contributed by atoms with E-state index in [0.29, 0.717) is 5.56 Å². The molecule has 0 aliphatic heterocycles. The minimum atomic E-state index is -0.235. The lowest BCUT2D eigenvalue weighted by Gasteiger charge is -2.14. The molecule has 25 heavy (non-hydrogen) atoms. The lowest BCUT2D eigenvalue weighted by molar-refractivity contribution is -0.689. The van der Waals surface area contributed by atoms with E-state index < -0.39 is 0 Å². The normalized spacial score (nSPS) is 12.8. The first-order chi connectivity index (χ1) is 12.3. The highest BCUT2D eigenvalue weighted by atomic mass is 16.3. The summed E-state index contributed by atoms with van der Waals surface area (Å²) in [5.74, 6) is -0.0268. The predicted molar refractivity (Wildman–Crippen MR) is 98.2 cm³/mol. The number of hydrogen-bond acceptors (Lipinski definition) is 2. The van der Waals surface area contributed by atoms with E-state index in [4.69, 9.17) is 0 Å². The van der Waals surface area contributed by atoms with Crippen LogP contribution in [0.2, 0.25) is 0 Å². The maximum atomic E-state index is 12.5. The molecule has 0 spiro atoms. The number of nitrogens with zero attached hydrogens (tertiary/aromatic N) is 2. The van der Waals surface area contributed by atoms with Crippen molar-refractivity contribution in [1.29, 1.82) is 0 Å². The molecule has 0 fully saturated rings. The molecule has 0 N–H and O–H groups in total. The summed E-state index contributed by atoms with van der Waals surface area (Å²) in [7, 11) is 0. The van der Waals surface area contributed by atoms with Gasteiger partial charge in [-0.25, -0.2) is 0 Å². The van der Waals surface area contributed by atoms with Crippen molar-refractivity contribution in [3.05, 3.63) is 102 Å². The third kappa shape index (κ3) is 4.13. The smallest absolute Gasteiger partial charge is 0.221 e. The molecule has 0 radical (unpaired) electrons. The molecule has 2 aromatic carbocycles. The Labute approximate surface area is 148 Å². The first kappa shape index (κ1) is 16.9. The molecule has 0 saturated heterocycles. The molecule has 3 nitrogen and oxygen atoms in total. The van der Waals surface area contributed by atoms with Crippen LogP contribution in [0.1, 0.15) is 42.5 Å². The molecule has 3 heteroatoms. The Balaban J connectivity index is 2.02. The summed E-state index contributed by atoms with van der Waals surface area (Å²) in [5.41, 5.74) is 2.86. The van der Waals surface area contributed by atoms with Gasteiger partial charge in [0.2, 0.25) is 11.9 Å². The average molecular weight is 330 g/mol. The lowest BCUT2D eigenvalue weighted by Crippen LogP contribution is -2.38. The number of pyridine rings is 1. The average Bonchev–Trinajstić information content (AvgIpc) is 2.68. The van der Waals surface area contributed by atoms with Crippen molar-refractivity contribution in [1.82, 2.24) is 0 Å². The summed E-state index contributed by atoms with van der Waals surface area (Å²) in [5, 5.41) is 16.8. The van der Waals surface area contributed by atoms with Gasteiger partial charge in [0.15, 0.2) is 0 Å². The first-order valence-corrected chi connectivity index (χ1v) is 8.66. The number of benzene rings is 2. The van der Waals surface area contributed by atoms with E-state index in [1.54, 1.807) is 16.8 Å². The van der Waals surface area contributed by atoms with E-state index in [0.717, 1.165) is 18.5 Å². The van der Waals surface area contributed by atoms with Gasteiger partial charge in [0.25, 0.3) is 0 Å². The van der Waals surface area contributed by atoms with Crippen LogP contribution in [0.3, 0.4) is 0 Å². The van der Waals surface area contributed by atoms with E-state index in [9.17, 15) is 5.11 Å². The van der Waals surface area contributed by atoms with E-state index in [1.165, 1.54) is 5.56 Å². The maximum Gasteiger partial charge on any atom is 0.221 e. The van der Waals surface area contributed by atoms with Crippen LogP contribution in [0.4, 0.5) is 0 Å². The zero-order valence-corrected chi connectivity index (χ0v) is 14.4. The fraction of sp³-hybridized carbons (Fsp3) is 0.182. The van der Waals surface area contributed by atoms with Crippen LogP contribution in [-0.2, 0) is 0 Å². The third-order valence-electron chi connectivity index (χ3n) is 4.23. The summed E-state index contributed by atoms with van der Waals surface area (Å²) in [6.07, 6.45) is 3.91. The number of rotatable bonds is 6. The summed E-state index contributed by atoms with van der Waals surface area (Å²) in [4.78, 5) is 0. The third-order valence-corrected chi connectivity index (χ3v) is 4.23.